The Morgan fingerprint density at radius 3 is 2.30 bits per heavy atom. The summed E-state index contributed by atoms with van der Waals surface area (Å²) in [6.45, 7) is 4.08. The first-order valence-electron chi connectivity index (χ1n) is 4.07. The number of hydrogen-bond acceptors (Lipinski definition) is 1. The van der Waals surface area contributed by atoms with Crippen LogP contribution >= 0.6 is 0 Å². The molecule has 2 heteroatoms. The quantitative estimate of drug-likeness (QED) is 0.634. The van der Waals surface area contributed by atoms with Crippen LogP contribution in [0.2, 0.25) is 0 Å². The lowest BCUT2D eigenvalue weighted by Gasteiger charge is -2.20. The lowest BCUT2D eigenvalue weighted by atomic mass is 9.96. The Morgan fingerprint density at radius 1 is 1.40 bits per heavy atom. The van der Waals surface area contributed by atoms with E-state index in [1.165, 1.54) is 0 Å². The van der Waals surface area contributed by atoms with E-state index < -0.39 is 5.67 Å². The van der Waals surface area contributed by atoms with Gasteiger partial charge in [0.2, 0.25) is 0 Å². The molecule has 0 fully saturated rings. The van der Waals surface area contributed by atoms with Crippen molar-refractivity contribution in [2.24, 2.45) is 5.73 Å². The van der Waals surface area contributed by atoms with Crippen LogP contribution in [0.1, 0.15) is 39.5 Å². The molecule has 0 aromatic rings. The van der Waals surface area contributed by atoms with Gasteiger partial charge in [-0.05, 0) is 12.8 Å². The van der Waals surface area contributed by atoms with Crippen molar-refractivity contribution in [3.05, 3.63) is 0 Å². The molecule has 62 valence electrons. The molecule has 0 bridgehead atoms. The highest BCUT2D eigenvalue weighted by molar-refractivity contribution is 4.77. The molecule has 0 radical (unpaired) electrons. The summed E-state index contributed by atoms with van der Waals surface area (Å²) in [6.07, 6.45) is 3.16. The predicted octanol–water partition coefficient (Wildman–Crippen LogP) is 2.25. The van der Waals surface area contributed by atoms with Crippen molar-refractivity contribution < 1.29 is 4.39 Å². The summed E-state index contributed by atoms with van der Waals surface area (Å²) in [7, 11) is 0. The molecule has 0 heterocycles. The Kier molecular flexibility index (Phi) is 4.62. The summed E-state index contributed by atoms with van der Waals surface area (Å²) in [4.78, 5) is 0. The van der Waals surface area contributed by atoms with Crippen molar-refractivity contribution >= 4 is 0 Å². The van der Waals surface area contributed by atoms with Gasteiger partial charge in [0.25, 0.3) is 0 Å². The van der Waals surface area contributed by atoms with Crippen LogP contribution in [0.5, 0.6) is 0 Å². The molecule has 0 rings (SSSR count). The summed E-state index contributed by atoms with van der Waals surface area (Å²) in [5.41, 5.74) is 4.20. The topological polar surface area (TPSA) is 26.0 Å². The third-order valence-corrected chi connectivity index (χ3v) is 1.98. The number of halogens is 1. The largest absolute Gasteiger partial charge is 0.328 e. The molecule has 0 aromatic carbocycles. The molecule has 2 N–H and O–H groups in total. The van der Waals surface area contributed by atoms with Crippen LogP contribution in [0.15, 0.2) is 0 Å². The molecule has 0 aliphatic heterocycles. The average Bonchev–Trinajstić information content (AvgIpc) is 2.00. The number of unbranched alkanes of at least 4 members (excludes halogenated alkanes) is 1. The van der Waals surface area contributed by atoms with E-state index in [9.17, 15) is 4.39 Å². The highest BCUT2D eigenvalue weighted by atomic mass is 19.1. The third kappa shape index (κ3) is 3.16. The van der Waals surface area contributed by atoms with Gasteiger partial charge in [-0.25, -0.2) is 4.39 Å². The van der Waals surface area contributed by atoms with E-state index in [4.69, 9.17) is 5.73 Å². The minimum Gasteiger partial charge on any atom is -0.328 e. The molecule has 0 spiro atoms. The summed E-state index contributed by atoms with van der Waals surface area (Å²) in [5.74, 6) is 0. The molecule has 0 saturated heterocycles. The molecule has 1 nitrogen and oxygen atoms in total. The standard InChI is InChI=1S/C8H18FN/c1-3-5-6-8(9,4-2)7-10/h3-7,10H2,1-2H3. The van der Waals surface area contributed by atoms with Crippen molar-refractivity contribution in [3.63, 3.8) is 0 Å². The fraction of sp³-hybridized carbons (Fsp3) is 1.00. The van der Waals surface area contributed by atoms with Gasteiger partial charge in [-0.3, -0.25) is 0 Å². The fourth-order valence-corrected chi connectivity index (χ4v) is 0.917. The minimum absolute atomic E-state index is 0.170. The van der Waals surface area contributed by atoms with E-state index in [1.807, 2.05) is 6.92 Å². The Bertz CT molecular complexity index is 79.3. The summed E-state index contributed by atoms with van der Waals surface area (Å²) >= 11 is 0. The first kappa shape index (κ1) is 9.89. The Morgan fingerprint density at radius 2 is 2.00 bits per heavy atom. The van der Waals surface area contributed by atoms with Crippen molar-refractivity contribution in [2.45, 2.75) is 45.2 Å². The van der Waals surface area contributed by atoms with Crippen LogP contribution in [-0.2, 0) is 0 Å². The van der Waals surface area contributed by atoms with E-state index in [-0.39, 0.29) is 6.54 Å². The highest BCUT2D eigenvalue weighted by Gasteiger charge is 2.23. The Balaban J connectivity index is 3.58. The summed E-state index contributed by atoms with van der Waals surface area (Å²) in [5, 5.41) is 0. The maximum atomic E-state index is 13.3. The van der Waals surface area contributed by atoms with Gasteiger partial charge in [-0.1, -0.05) is 26.7 Å². The van der Waals surface area contributed by atoms with Crippen molar-refractivity contribution in [2.75, 3.05) is 6.54 Å². The SMILES string of the molecule is CCCCC(F)(CC)CN. The lowest BCUT2D eigenvalue weighted by Crippen LogP contribution is -2.31. The van der Waals surface area contributed by atoms with E-state index in [0.29, 0.717) is 12.8 Å². The molecule has 1 atom stereocenters. The number of nitrogens with two attached hydrogens (primary N) is 1. The van der Waals surface area contributed by atoms with E-state index in [0.717, 1.165) is 12.8 Å². The first-order valence-corrected chi connectivity index (χ1v) is 4.07. The van der Waals surface area contributed by atoms with Gasteiger partial charge in [-0.2, -0.15) is 0 Å². The second kappa shape index (κ2) is 4.67. The second-order valence-corrected chi connectivity index (χ2v) is 2.81. The fourth-order valence-electron chi connectivity index (χ4n) is 0.917. The second-order valence-electron chi connectivity index (χ2n) is 2.81. The molecule has 0 saturated carbocycles. The van der Waals surface area contributed by atoms with Gasteiger partial charge >= 0.3 is 0 Å². The Labute approximate surface area is 62.8 Å². The van der Waals surface area contributed by atoms with Crippen LogP contribution in [-0.4, -0.2) is 12.2 Å². The molecule has 0 aliphatic rings. The zero-order chi connectivity index (χ0) is 8.04. The van der Waals surface area contributed by atoms with Crippen LogP contribution in [0.25, 0.3) is 0 Å². The van der Waals surface area contributed by atoms with Gasteiger partial charge < -0.3 is 5.73 Å². The zero-order valence-corrected chi connectivity index (χ0v) is 6.99. The van der Waals surface area contributed by atoms with Gasteiger partial charge in [-0.15, -0.1) is 0 Å². The average molecular weight is 147 g/mol. The molecule has 0 aliphatic carbocycles. The summed E-state index contributed by atoms with van der Waals surface area (Å²) < 4.78 is 13.3. The molecule has 10 heavy (non-hydrogen) atoms. The Hall–Kier alpha value is -0.110. The monoisotopic (exact) mass is 147 g/mol. The molecule has 0 amide bonds. The third-order valence-electron chi connectivity index (χ3n) is 1.98. The van der Waals surface area contributed by atoms with E-state index in [1.54, 1.807) is 0 Å². The lowest BCUT2D eigenvalue weighted by molar-refractivity contribution is 0.150. The predicted molar refractivity (Wildman–Crippen MR) is 42.7 cm³/mol. The van der Waals surface area contributed by atoms with E-state index in [2.05, 4.69) is 6.92 Å². The molecule has 0 aromatic heterocycles. The van der Waals surface area contributed by atoms with Crippen molar-refractivity contribution in [3.8, 4) is 0 Å². The van der Waals surface area contributed by atoms with Crippen LogP contribution in [0.3, 0.4) is 0 Å². The minimum atomic E-state index is -1.09. The van der Waals surface area contributed by atoms with Crippen LogP contribution in [0, 0.1) is 0 Å². The van der Waals surface area contributed by atoms with Crippen molar-refractivity contribution in [1.29, 1.82) is 0 Å². The number of alkyl halides is 1. The molecule has 1 unspecified atom stereocenters. The van der Waals surface area contributed by atoms with Crippen molar-refractivity contribution in [1.82, 2.24) is 0 Å². The van der Waals surface area contributed by atoms with E-state index >= 15 is 0 Å². The van der Waals surface area contributed by atoms with Gasteiger partial charge in [0, 0.05) is 6.54 Å². The smallest absolute Gasteiger partial charge is 0.122 e. The van der Waals surface area contributed by atoms with Crippen LogP contribution < -0.4 is 5.73 Å². The maximum Gasteiger partial charge on any atom is 0.122 e. The molecular weight excluding hydrogens is 129 g/mol. The maximum absolute atomic E-state index is 13.3. The molecular formula is C8H18FN. The normalized spacial score (nSPS) is 16.8. The summed E-state index contributed by atoms with van der Waals surface area (Å²) in [6, 6.07) is 0. The number of rotatable bonds is 5. The highest BCUT2D eigenvalue weighted by Crippen LogP contribution is 2.21. The van der Waals surface area contributed by atoms with Gasteiger partial charge in [0.05, 0.1) is 0 Å². The van der Waals surface area contributed by atoms with Gasteiger partial charge in [0.1, 0.15) is 5.67 Å². The number of hydrogen-bond donors (Lipinski definition) is 1. The van der Waals surface area contributed by atoms with Gasteiger partial charge in [0.15, 0.2) is 0 Å². The first-order chi connectivity index (χ1) is 4.68. The zero-order valence-electron chi connectivity index (χ0n) is 6.99. The van der Waals surface area contributed by atoms with Crippen LogP contribution in [0.4, 0.5) is 4.39 Å².